The van der Waals surface area contributed by atoms with Crippen LogP contribution in [-0.2, 0) is 16.1 Å². The molecule has 3 aromatic rings. The highest BCUT2D eigenvalue weighted by Crippen LogP contribution is 2.32. The van der Waals surface area contributed by atoms with Crippen molar-refractivity contribution >= 4 is 11.9 Å². The van der Waals surface area contributed by atoms with Crippen LogP contribution < -0.4 is 5.32 Å². The molecule has 1 aliphatic rings. The Bertz CT molecular complexity index is 1090. The van der Waals surface area contributed by atoms with E-state index in [9.17, 15) is 9.59 Å². The van der Waals surface area contributed by atoms with Crippen LogP contribution in [0.15, 0.2) is 47.1 Å². The van der Waals surface area contributed by atoms with Crippen molar-refractivity contribution in [3.8, 4) is 5.69 Å². The number of nitrogens with one attached hydrogen (secondary N) is 1. The Hall–Kier alpha value is -3.39. The average Bonchev–Trinajstić information content (AvgIpc) is 3.34. The Balaban J connectivity index is 1.69. The molecule has 0 aliphatic carbocycles. The number of aryl methyl sites for hydroxylation is 1. The van der Waals surface area contributed by atoms with Gasteiger partial charge in [0.25, 0.3) is 0 Å². The number of rotatable bonds is 6. The van der Waals surface area contributed by atoms with Crippen molar-refractivity contribution in [1.29, 1.82) is 0 Å². The van der Waals surface area contributed by atoms with Crippen molar-refractivity contribution < 1.29 is 18.7 Å². The van der Waals surface area contributed by atoms with Gasteiger partial charge in [-0.2, -0.15) is 5.10 Å². The number of esters is 1. The fourth-order valence-corrected chi connectivity index (χ4v) is 4.11. The van der Waals surface area contributed by atoms with E-state index in [1.165, 1.54) is 6.26 Å². The van der Waals surface area contributed by atoms with Crippen LogP contribution in [-0.4, -0.2) is 46.3 Å². The fraction of sp³-hybridized carbons (Fsp3) is 0.348. The van der Waals surface area contributed by atoms with Gasteiger partial charge in [0.1, 0.15) is 17.4 Å². The minimum atomic E-state index is -0.536. The van der Waals surface area contributed by atoms with E-state index in [1.807, 2.05) is 53.8 Å². The average molecular weight is 422 g/mol. The van der Waals surface area contributed by atoms with E-state index >= 15 is 0 Å². The molecule has 2 aromatic heterocycles. The van der Waals surface area contributed by atoms with Gasteiger partial charge in [-0.05, 0) is 39.0 Å². The number of para-hydroxylation sites is 1. The molecule has 162 valence electrons. The molecule has 1 atom stereocenters. The van der Waals surface area contributed by atoms with Crippen molar-refractivity contribution in [2.45, 2.75) is 33.4 Å². The number of aromatic nitrogens is 2. The molecule has 1 N–H and O–H groups in total. The summed E-state index contributed by atoms with van der Waals surface area (Å²) >= 11 is 0. The van der Waals surface area contributed by atoms with E-state index in [1.54, 1.807) is 13.0 Å². The summed E-state index contributed by atoms with van der Waals surface area (Å²) in [5.41, 5.74) is 3.89. The number of nitrogens with zero attached hydrogens (tertiary/aromatic N) is 3. The highest BCUT2D eigenvalue weighted by Gasteiger charge is 2.36. The van der Waals surface area contributed by atoms with Crippen LogP contribution in [0.2, 0.25) is 0 Å². The van der Waals surface area contributed by atoms with Gasteiger partial charge in [0.2, 0.25) is 5.91 Å². The zero-order valence-electron chi connectivity index (χ0n) is 17.9. The molecule has 0 spiro atoms. The van der Waals surface area contributed by atoms with Crippen LogP contribution in [0.5, 0.6) is 0 Å². The van der Waals surface area contributed by atoms with Crippen LogP contribution in [0, 0.1) is 13.8 Å². The third-order valence-corrected chi connectivity index (χ3v) is 5.52. The topological polar surface area (TPSA) is 89.6 Å². The Labute approximate surface area is 180 Å². The van der Waals surface area contributed by atoms with Crippen LogP contribution in [0.3, 0.4) is 0 Å². The molecule has 3 heterocycles. The van der Waals surface area contributed by atoms with Gasteiger partial charge in [-0.25, -0.2) is 9.48 Å². The maximum absolute atomic E-state index is 13.0. The van der Waals surface area contributed by atoms with Gasteiger partial charge in [-0.1, -0.05) is 18.2 Å². The number of carbonyl (C=O) groups excluding carboxylic acids is 2. The SMILES string of the molecule is CCOC(=O)c1ccoc1CN1CCNC(=O)C1c1c(C)nn(-c2ccccc2)c1C. The fourth-order valence-electron chi connectivity index (χ4n) is 4.11. The summed E-state index contributed by atoms with van der Waals surface area (Å²) in [5, 5.41) is 7.67. The van der Waals surface area contributed by atoms with Gasteiger partial charge in [0.15, 0.2) is 0 Å². The molecule has 4 rings (SSSR count). The molecule has 1 fully saturated rings. The molecule has 31 heavy (non-hydrogen) atoms. The molecule has 1 amide bonds. The van der Waals surface area contributed by atoms with E-state index in [-0.39, 0.29) is 12.5 Å². The maximum Gasteiger partial charge on any atom is 0.341 e. The van der Waals surface area contributed by atoms with Crippen molar-refractivity contribution in [3.05, 3.63) is 70.9 Å². The van der Waals surface area contributed by atoms with Crippen LogP contribution in [0.25, 0.3) is 5.69 Å². The zero-order valence-corrected chi connectivity index (χ0v) is 17.9. The van der Waals surface area contributed by atoms with Gasteiger partial charge in [-0.3, -0.25) is 9.69 Å². The van der Waals surface area contributed by atoms with Crippen LogP contribution in [0.4, 0.5) is 0 Å². The smallest absolute Gasteiger partial charge is 0.341 e. The largest absolute Gasteiger partial charge is 0.467 e. The standard InChI is InChI=1S/C23H26N4O4/c1-4-30-23(29)18-10-13-31-19(18)14-26-12-11-24-22(28)21(26)20-15(2)25-27(16(20)3)17-8-6-5-7-9-17/h5-10,13,21H,4,11-12,14H2,1-3H3,(H,24,28). The third-order valence-electron chi connectivity index (χ3n) is 5.52. The molecule has 0 saturated carbocycles. The normalized spacial score (nSPS) is 16.9. The molecule has 8 nitrogen and oxygen atoms in total. The van der Waals surface area contributed by atoms with E-state index < -0.39 is 12.0 Å². The summed E-state index contributed by atoms with van der Waals surface area (Å²) in [4.78, 5) is 27.3. The number of hydrogen-bond acceptors (Lipinski definition) is 6. The second kappa shape index (κ2) is 8.77. The lowest BCUT2D eigenvalue weighted by molar-refractivity contribution is -0.129. The third kappa shape index (κ3) is 3.98. The monoisotopic (exact) mass is 422 g/mol. The number of ether oxygens (including phenoxy) is 1. The van der Waals surface area contributed by atoms with Gasteiger partial charge in [0, 0.05) is 24.3 Å². The van der Waals surface area contributed by atoms with Crippen molar-refractivity contribution in [2.75, 3.05) is 19.7 Å². The molecule has 1 unspecified atom stereocenters. The molecule has 1 saturated heterocycles. The van der Waals surface area contributed by atoms with Crippen LogP contribution >= 0.6 is 0 Å². The Kier molecular flexibility index (Phi) is 5.90. The lowest BCUT2D eigenvalue weighted by atomic mass is 10.00. The van der Waals surface area contributed by atoms with Crippen molar-refractivity contribution in [2.24, 2.45) is 0 Å². The quantitative estimate of drug-likeness (QED) is 0.615. The molecular weight excluding hydrogens is 396 g/mol. The number of hydrogen-bond donors (Lipinski definition) is 1. The van der Waals surface area contributed by atoms with E-state index in [0.29, 0.717) is 31.0 Å². The molecule has 1 aromatic carbocycles. The predicted molar refractivity (Wildman–Crippen MR) is 114 cm³/mol. The summed E-state index contributed by atoms with van der Waals surface area (Å²) in [6.07, 6.45) is 1.48. The Morgan fingerprint density at radius 2 is 2.03 bits per heavy atom. The van der Waals surface area contributed by atoms with Crippen LogP contribution in [0.1, 0.15) is 46.0 Å². The summed E-state index contributed by atoms with van der Waals surface area (Å²) in [6, 6.07) is 10.9. The molecule has 1 aliphatic heterocycles. The molecule has 0 radical (unpaired) electrons. The number of amides is 1. The van der Waals surface area contributed by atoms with Gasteiger partial charge < -0.3 is 14.5 Å². The molecule has 0 bridgehead atoms. The summed E-state index contributed by atoms with van der Waals surface area (Å²) in [6.45, 7) is 7.39. The number of furan rings is 1. The summed E-state index contributed by atoms with van der Waals surface area (Å²) < 4.78 is 12.6. The van der Waals surface area contributed by atoms with E-state index in [0.717, 1.165) is 22.6 Å². The molecule has 8 heteroatoms. The second-order valence-electron chi connectivity index (χ2n) is 7.47. The Morgan fingerprint density at radius 3 is 2.77 bits per heavy atom. The lowest BCUT2D eigenvalue weighted by Gasteiger charge is -2.35. The first-order chi connectivity index (χ1) is 15.0. The Morgan fingerprint density at radius 1 is 1.26 bits per heavy atom. The number of benzene rings is 1. The lowest BCUT2D eigenvalue weighted by Crippen LogP contribution is -2.49. The zero-order chi connectivity index (χ0) is 22.0. The van der Waals surface area contributed by atoms with Gasteiger partial charge in [0.05, 0.1) is 30.8 Å². The summed E-state index contributed by atoms with van der Waals surface area (Å²) in [5.74, 6) is -0.0215. The van der Waals surface area contributed by atoms with E-state index in [2.05, 4.69) is 5.32 Å². The maximum atomic E-state index is 13.0. The van der Waals surface area contributed by atoms with E-state index in [4.69, 9.17) is 14.3 Å². The van der Waals surface area contributed by atoms with Crippen molar-refractivity contribution in [3.63, 3.8) is 0 Å². The summed E-state index contributed by atoms with van der Waals surface area (Å²) in [7, 11) is 0. The number of carbonyl (C=O) groups is 2. The minimum Gasteiger partial charge on any atom is -0.467 e. The number of piperazine rings is 1. The van der Waals surface area contributed by atoms with Gasteiger partial charge in [-0.15, -0.1) is 0 Å². The first-order valence-corrected chi connectivity index (χ1v) is 10.4. The van der Waals surface area contributed by atoms with Crippen molar-refractivity contribution in [1.82, 2.24) is 20.0 Å². The second-order valence-corrected chi connectivity index (χ2v) is 7.47. The first kappa shape index (κ1) is 20.9. The van der Waals surface area contributed by atoms with Gasteiger partial charge >= 0.3 is 5.97 Å². The highest BCUT2D eigenvalue weighted by molar-refractivity contribution is 5.90. The first-order valence-electron chi connectivity index (χ1n) is 10.4. The highest BCUT2D eigenvalue weighted by atomic mass is 16.5. The molecular formula is C23H26N4O4. The minimum absolute atomic E-state index is 0.0886. The predicted octanol–water partition coefficient (Wildman–Crippen LogP) is 2.93.